The summed E-state index contributed by atoms with van der Waals surface area (Å²) in [5, 5.41) is 26.2. The first-order valence-electron chi connectivity index (χ1n) is 10.1. The van der Waals surface area contributed by atoms with E-state index in [1.807, 2.05) is 13.8 Å². The predicted octanol–water partition coefficient (Wildman–Crippen LogP) is -0.846. The SMILES string of the molecule is CC(C)CC(NC(=O)C(Cc1ccccc1)NC(=O)C(CO)NC(=O)C(C)N)C(=O)O. The molecule has 4 atom stereocenters. The molecule has 172 valence electrons. The van der Waals surface area contributed by atoms with Gasteiger partial charge in [-0.25, -0.2) is 4.79 Å². The van der Waals surface area contributed by atoms with Gasteiger partial charge >= 0.3 is 5.97 Å². The fourth-order valence-corrected chi connectivity index (χ4v) is 2.79. The predicted molar refractivity (Wildman–Crippen MR) is 114 cm³/mol. The van der Waals surface area contributed by atoms with Gasteiger partial charge in [0.2, 0.25) is 17.7 Å². The summed E-state index contributed by atoms with van der Waals surface area (Å²) in [4.78, 5) is 48.8. The Bertz CT molecular complexity index is 753. The van der Waals surface area contributed by atoms with Crippen LogP contribution in [0.2, 0.25) is 0 Å². The monoisotopic (exact) mass is 436 g/mol. The Labute approximate surface area is 181 Å². The van der Waals surface area contributed by atoms with Gasteiger partial charge in [-0.05, 0) is 24.8 Å². The van der Waals surface area contributed by atoms with Crippen LogP contribution < -0.4 is 21.7 Å². The van der Waals surface area contributed by atoms with Crippen molar-refractivity contribution >= 4 is 23.7 Å². The lowest BCUT2D eigenvalue weighted by Crippen LogP contribution is -2.58. The molecule has 1 aromatic rings. The number of aliphatic hydroxyl groups excluding tert-OH is 1. The maximum absolute atomic E-state index is 12.9. The van der Waals surface area contributed by atoms with Crippen molar-refractivity contribution in [2.45, 2.75) is 57.8 Å². The molecule has 0 aromatic heterocycles. The minimum absolute atomic E-state index is 0.0239. The Kier molecular flexibility index (Phi) is 10.6. The van der Waals surface area contributed by atoms with Crippen molar-refractivity contribution in [2.75, 3.05) is 6.61 Å². The van der Waals surface area contributed by atoms with Crippen molar-refractivity contribution in [1.29, 1.82) is 0 Å². The molecule has 1 aromatic carbocycles. The van der Waals surface area contributed by atoms with E-state index in [-0.39, 0.29) is 18.8 Å². The van der Waals surface area contributed by atoms with Crippen LogP contribution in [0, 0.1) is 5.92 Å². The van der Waals surface area contributed by atoms with E-state index < -0.39 is 54.5 Å². The van der Waals surface area contributed by atoms with Crippen molar-refractivity contribution < 1.29 is 29.4 Å². The van der Waals surface area contributed by atoms with Crippen LogP contribution in [-0.2, 0) is 25.6 Å². The summed E-state index contributed by atoms with van der Waals surface area (Å²) in [7, 11) is 0. The van der Waals surface area contributed by atoms with E-state index in [0.717, 1.165) is 5.56 Å². The number of nitrogens with two attached hydrogens (primary N) is 1. The molecule has 0 fully saturated rings. The number of aliphatic carboxylic acids is 1. The fraction of sp³-hybridized carbons (Fsp3) is 0.524. The molecule has 0 aliphatic heterocycles. The highest BCUT2D eigenvalue weighted by molar-refractivity contribution is 5.94. The van der Waals surface area contributed by atoms with Gasteiger partial charge in [0.25, 0.3) is 0 Å². The van der Waals surface area contributed by atoms with Crippen molar-refractivity contribution in [1.82, 2.24) is 16.0 Å². The van der Waals surface area contributed by atoms with Gasteiger partial charge in [0.15, 0.2) is 0 Å². The molecule has 31 heavy (non-hydrogen) atoms. The molecule has 0 aliphatic carbocycles. The molecule has 7 N–H and O–H groups in total. The molecule has 0 bridgehead atoms. The largest absolute Gasteiger partial charge is 0.480 e. The van der Waals surface area contributed by atoms with Gasteiger partial charge in [-0.15, -0.1) is 0 Å². The molecule has 0 spiro atoms. The van der Waals surface area contributed by atoms with Gasteiger partial charge in [-0.2, -0.15) is 0 Å². The lowest BCUT2D eigenvalue weighted by Gasteiger charge is -2.24. The molecular weight excluding hydrogens is 404 g/mol. The first-order valence-corrected chi connectivity index (χ1v) is 10.1. The Balaban J connectivity index is 3.01. The summed E-state index contributed by atoms with van der Waals surface area (Å²) in [5.74, 6) is -3.26. The lowest BCUT2D eigenvalue weighted by molar-refractivity contribution is -0.142. The smallest absolute Gasteiger partial charge is 0.326 e. The number of carbonyl (C=O) groups is 4. The molecule has 10 heteroatoms. The third-order valence-corrected chi connectivity index (χ3v) is 4.47. The molecule has 0 aliphatic rings. The highest BCUT2D eigenvalue weighted by atomic mass is 16.4. The van der Waals surface area contributed by atoms with Crippen LogP contribution in [0.15, 0.2) is 30.3 Å². The number of aliphatic hydroxyl groups is 1. The zero-order valence-electron chi connectivity index (χ0n) is 18.0. The fourth-order valence-electron chi connectivity index (χ4n) is 2.79. The number of hydrogen-bond acceptors (Lipinski definition) is 6. The van der Waals surface area contributed by atoms with Crippen LogP contribution in [0.25, 0.3) is 0 Å². The minimum atomic E-state index is -1.31. The van der Waals surface area contributed by atoms with E-state index in [9.17, 15) is 29.4 Å². The minimum Gasteiger partial charge on any atom is -0.480 e. The highest BCUT2D eigenvalue weighted by Gasteiger charge is 2.30. The summed E-state index contributed by atoms with van der Waals surface area (Å²) < 4.78 is 0. The Morgan fingerprint density at radius 3 is 1.87 bits per heavy atom. The van der Waals surface area contributed by atoms with Crippen LogP contribution >= 0.6 is 0 Å². The van der Waals surface area contributed by atoms with Crippen LogP contribution in [0.1, 0.15) is 32.8 Å². The second-order valence-corrected chi connectivity index (χ2v) is 7.81. The van der Waals surface area contributed by atoms with Crippen molar-refractivity contribution in [3.05, 3.63) is 35.9 Å². The molecule has 0 saturated carbocycles. The summed E-state index contributed by atoms with van der Waals surface area (Å²) in [5.41, 5.74) is 6.20. The number of carbonyl (C=O) groups excluding carboxylic acids is 3. The number of hydrogen-bond donors (Lipinski definition) is 6. The summed E-state index contributed by atoms with van der Waals surface area (Å²) in [6, 6.07) is 4.42. The number of carboxylic acid groups (broad SMARTS) is 1. The first-order chi connectivity index (χ1) is 14.5. The van der Waals surface area contributed by atoms with Crippen molar-refractivity contribution in [3.63, 3.8) is 0 Å². The van der Waals surface area contributed by atoms with Gasteiger partial charge in [0.1, 0.15) is 18.1 Å². The molecule has 0 heterocycles. The molecule has 0 radical (unpaired) electrons. The first kappa shape index (κ1) is 26.1. The van der Waals surface area contributed by atoms with E-state index in [1.165, 1.54) is 6.92 Å². The number of benzene rings is 1. The lowest BCUT2D eigenvalue weighted by atomic mass is 10.0. The second-order valence-electron chi connectivity index (χ2n) is 7.81. The average molecular weight is 437 g/mol. The van der Waals surface area contributed by atoms with Gasteiger partial charge in [0, 0.05) is 6.42 Å². The molecule has 10 nitrogen and oxygen atoms in total. The third-order valence-electron chi connectivity index (χ3n) is 4.47. The van der Waals surface area contributed by atoms with E-state index in [1.54, 1.807) is 30.3 Å². The highest BCUT2D eigenvalue weighted by Crippen LogP contribution is 2.08. The maximum atomic E-state index is 12.9. The van der Waals surface area contributed by atoms with E-state index in [0.29, 0.717) is 0 Å². The molecule has 1 rings (SSSR count). The zero-order valence-corrected chi connectivity index (χ0v) is 18.0. The average Bonchev–Trinajstić information content (AvgIpc) is 2.70. The Morgan fingerprint density at radius 2 is 1.39 bits per heavy atom. The van der Waals surface area contributed by atoms with Gasteiger partial charge in [-0.1, -0.05) is 44.2 Å². The van der Waals surface area contributed by atoms with Crippen LogP contribution in [0.3, 0.4) is 0 Å². The molecular formula is C21H32N4O6. The molecule has 3 amide bonds. The number of nitrogens with one attached hydrogen (secondary N) is 3. The number of amides is 3. The summed E-state index contributed by atoms with van der Waals surface area (Å²) >= 11 is 0. The Hall–Kier alpha value is -2.98. The molecule has 0 saturated heterocycles. The van der Waals surface area contributed by atoms with E-state index in [2.05, 4.69) is 16.0 Å². The van der Waals surface area contributed by atoms with Crippen LogP contribution in [-0.4, -0.2) is 64.7 Å². The van der Waals surface area contributed by atoms with Crippen molar-refractivity contribution in [2.24, 2.45) is 11.7 Å². The van der Waals surface area contributed by atoms with Crippen LogP contribution in [0.5, 0.6) is 0 Å². The van der Waals surface area contributed by atoms with Gasteiger partial charge in [-0.3, -0.25) is 14.4 Å². The summed E-state index contributed by atoms with van der Waals surface area (Å²) in [6.07, 6.45) is 0.308. The van der Waals surface area contributed by atoms with Gasteiger partial charge in [0.05, 0.1) is 12.6 Å². The summed E-state index contributed by atoms with van der Waals surface area (Å²) in [6.45, 7) is 4.39. The Morgan fingerprint density at radius 1 is 0.871 bits per heavy atom. The topological polar surface area (TPSA) is 171 Å². The normalized spacial score (nSPS) is 14.8. The number of rotatable bonds is 12. The quantitative estimate of drug-likeness (QED) is 0.248. The standard InChI is InChI=1S/C21H32N4O6/c1-12(2)9-16(21(30)31)24-19(28)15(10-14-7-5-4-6-8-14)23-20(29)17(11-26)25-18(27)13(3)22/h4-8,12-13,15-17,26H,9-11,22H2,1-3H3,(H,23,29)(H,24,28)(H,25,27)(H,30,31). The maximum Gasteiger partial charge on any atom is 0.326 e. The van der Waals surface area contributed by atoms with E-state index in [4.69, 9.17) is 5.73 Å². The third kappa shape index (κ3) is 9.14. The van der Waals surface area contributed by atoms with E-state index >= 15 is 0 Å². The van der Waals surface area contributed by atoms with Gasteiger partial charge < -0.3 is 31.9 Å². The second kappa shape index (κ2) is 12.7. The molecule has 4 unspecified atom stereocenters. The van der Waals surface area contributed by atoms with Crippen molar-refractivity contribution in [3.8, 4) is 0 Å². The number of carboxylic acids is 1. The zero-order chi connectivity index (χ0) is 23.6. The van der Waals surface area contributed by atoms with Crippen LogP contribution in [0.4, 0.5) is 0 Å².